The maximum Gasteiger partial charge on any atom is 0.330 e. The van der Waals surface area contributed by atoms with E-state index >= 15 is 0 Å². The summed E-state index contributed by atoms with van der Waals surface area (Å²) in [5.74, 6) is 3.27. The van der Waals surface area contributed by atoms with Gasteiger partial charge in [-0.25, -0.2) is 4.79 Å². The Balaban J connectivity index is 0.00000124. The van der Waals surface area contributed by atoms with Crippen LogP contribution >= 0.6 is 90.8 Å². The number of methoxy groups -OCH3 is 3. The van der Waals surface area contributed by atoms with Crippen molar-refractivity contribution in [1.29, 1.82) is 0 Å². The van der Waals surface area contributed by atoms with Crippen LogP contribution in [0.5, 0.6) is 17.2 Å². The summed E-state index contributed by atoms with van der Waals surface area (Å²) in [6.45, 7) is 22.8. The zero-order chi connectivity index (χ0) is 40.5. The second-order valence-electron chi connectivity index (χ2n) is 17.2. The number of fused-ring (bicyclic) bond motifs is 7. The molecule has 5 fully saturated rings. The van der Waals surface area contributed by atoms with Crippen molar-refractivity contribution in [2.45, 2.75) is 136 Å². The number of esters is 1. The molecule has 1 aromatic carbocycles. The Morgan fingerprint density at radius 1 is 0.852 bits per heavy atom. The molecule has 0 spiro atoms. The van der Waals surface area contributed by atoms with Crippen LogP contribution in [0.1, 0.15) is 125 Å². The van der Waals surface area contributed by atoms with Crippen molar-refractivity contribution >= 4 is 103 Å². The molecule has 0 aromatic heterocycles. The Labute approximate surface area is 382 Å². The Morgan fingerprint density at radius 2 is 1.44 bits per heavy atom. The van der Waals surface area contributed by atoms with Gasteiger partial charge in [-0.05, 0) is 136 Å². The first-order chi connectivity index (χ1) is 25.4. The molecule has 5 aliphatic carbocycles. The largest absolute Gasteiger partial charge is 0.493 e. The lowest BCUT2D eigenvalue weighted by molar-refractivity contribution is -0.209. The van der Waals surface area contributed by atoms with Crippen LogP contribution in [-0.2, 0) is 12.6 Å². The van der Waals surface area contributed by atoms with Gasteiger partial charge in [0.05, 0.1) is 34.0 Å². The van der Waals surface area contributed by atoms with Crippen LogP contribution < -0.4 is 14.2 Å². The summed E-state index contributed by atoms with van der Waals surface area (Å²) in [4.78, 5) is 13.4. The molecule has 1 aromatic rings. The van der Waals surface area contributed by atoms with E-state index < -0.39 is 0 Å². The first kappa shape index (κ1) is 47.1. The number of ether oxygens (including phenoxy) is 4. The summed E-state index contributed by atoms with van der Waals surface area (Å²) in [5.41, 5.74) is 1.52. The number of halogens is 4. The molecule has 0 bridgehead atoms. The Morgan fingerprint density at radius 3 is 2.00 bits per heavy atom. The first-order valence-corrected chi connectivity index (χ1v) is 24.1. The number of benzene rings is 1. The van der Waals surface area contributed by atoms with Crippen LogP contribution in [0.25, 0.3) is 6.08 Å². The summed E-state index contributed by atoms with van der Waals surface area (Å²) in [7, 11) is 4.78. The fourth-order valence-corrected chi connectivity index (χ4v) is 19.5. The fourth-order valence-electron chi connectivity index (χ4n) is 12.6. The van der Waals surface area contributed by atoms with Crippen molar-refractivity contribution in [2.24, 2.45) is 39.4 Å². The van der Waals surface area contributed by atoms with E-state index in [2.05, 4.69) is 132 Å². The molecule has 0 N–H and O–H groups in total. The van der Waals surface area contributed by atoms with Gasteiger partial charge in [-0.15, -0.1) is 6.58 Å². The van der Waals surface area contributed by atoms with E-state index in [0.29, 0.717) is 53.1 Å². The molecule has 11 atom stereocenters. The smallest absolute Gasteiger partial charge is 0.330 e. The van der Waals surface area contributed by atoms with Crippen LogP contribution in [-0.4, -0.2) is 50.3 Å². The fraction of sp³-hybridized carbons (Fsp3) is 0.750. The van der Waals surface area contributed by atoms with Gasteiger partial charge < -0.3 is 22.0 Å². The minimum absolute atomic E-state index is 0.0300. The first-order valence-electron chi connectivity index (χ1n) is 20.0. The maximum atomic E-state index is 13.4. The second-order valence-corrected chi connectivity index (χ2v) is 23.6. The SMILES string of the molecule is C=CC.CC.COc1cc(/C=C/C(=O)OCC23CC[C@@H](C)[C@]2(I)C2(I)CCC4C5(C)CCC(OI)[C@](C)(I)C5CCC4(C)[C@]2(C)CC3)cc(OC)c1OC. The Bertz CT molecular complexity index is 1510. The van der Waals surface area contributed by atoms with Crippen molar-refractivity contribution in [3.63, 3.8) is 0 Å². The molecule has 6 nitrogen and oxygen atoms in total. The van der Waals surface area contributed by atoms with Gasteiger partial charge in [0.1, 0.15) is 23.0 Å². The number of alkyl halides is 3. The van der Waals surface area contributed by atoms with Crippen LogP contribution in [0, 0.1) is 39.4 Å². The van der Waals surface area contributed by atoms with Gasteiger partial charge in [0.15, 0.2) is 11.5 Å². The summed E-state index contributed by atoms with van der Waals surface area (Å²) in [6, 6.07) is 3.68. The second kappa shape index (κ2) is 18.0. The molecule has 306 valence electrons. The van der Waals surface area contributed by atoms with E-state index in [1.54, 1.807) is 39.6 Å². The molecule has 5 aliphatic rings. The van der Waals surface area contributed by atoms with Crippen LogP contribution in [0.15, 0.2) is 30.9 Å². The van der Waals surface area contributed by atoms with Gasteiger partial charge in [-0.2, -0.15) is 0 Å². The highest BCUT2D eigenvalue weighted by Crippen LogP contribution is 2.82. The number of carbonyl (C=O) groups is 1. The zero-order valence-electron chi connectivity index (χ0n) is 34.6. The van der Waals surface area contributed by atoms with Crippen molar-refractivity contribution in [1.82, 2.24) is 0 Å². The lowest BCUT2D eigenvalue weighted by Gasteiger charge is -2.76. The van der Waals surface area contributed by atoms with E-state index in [1.165, 1.54) is 44.9 Å². The molecule has 0 saturated heterocycles. The standard InChI is InChI=1S/C39H54I4O6.C3H6.C2H6/c1-24-11-17-37(23-48-31(44)10-9-25-21-26(45-6)32(47-8)27(22-25)46-7)20-19-35(4)34(3)16-12-29-33(2,15-14-30(49-43)36(29,5)40)28(34)13-18-38(35,41)39(24,37)42;1-3-2;1-2/h9-10,21-22,24,28-30H,11-20,23H2,1-8H3;3H,1H2,2H3;1-2H3/b10-9+;;/t24-,28?,29?,30?,33?,34?,35+,36-,37?,38?,39-;;/m1../s1. The quantitative estimate of drug-likeness (QED) is 0.0850. The van der Waals surface area contributed by atoms with Gasteiger partial charge in [-0.1, -0.05) is 115 Å². The number of rotatable bonds is 8. The van der Waals surface area contributed by atoms with E-state index in [0.717, 1.165) is 24.8 Å². The van der Waals surface area contributed by atoms with Crippen molar-refractivity contribution in [2.75, 3.05) is 27.9 Å². The van der Waals surface area contributed by atoms with E-state index in [-0.39, 0.29) is 32.5 Å². The lowest BCUT2D eigenvalue weighted by Crippen LogP contribution is -2.76. The Hall–Kier alpha value is 0.450. The van der Waals surface area contributed by atoms with Crippen molar-refractivity contribution in [3.05, 3.63) is 36.4 Å². The summed E-state index contributed by atoms with van der Waals surface area (Å²) >= 11 is 10.9. The third kappa shape index (κ3) is 7.24. The molecule has 6 rings (SSSR count). The van der Waals surface area contributed by atoms with E-state index in [1.807, 2.05) is 32.9 Å². The molecule has 0 amide bonds. The number of hydrogen-bond donors (Lipinski definition) is 0. The summed E-state index contributed by atoms with van der Waals surface area (Å²) < 4.78 is 29.1. The van der Waals surface area contributed by atoms with Crippen molar-refractivity contribution < 1.29 is 26.8 Å². The average molecular weight is 1200 g/mol. The average Bonchev–Trinajstić information content (AvgIpc) is 3.41. The summed E-state index contributed by atoms with van der Waals surface area (Å²) in [5, 5.41) is 0. The van der Waals surface area contributed by atoms with Gasteiger partial charge >= 0.3 is 5.97 Å². The zero-order valence-corrected chi connectivity index (χ0v) is 43.3. The molecule has 5 saturated carbocycles. The number of carbonyl (C=O) groups excluding carboxylic acids is 1. The normalized spacial score (nSPS) is 42.0. The number of allylic oxidation sites excluding steroid dienone is 1. The molecule has 7 unspecified atom stereocenters. The predicted molar refractivity (Wildman–Crippen MR) is 257 cm³/mol. The van der Waals surface area contributed by atoms with Crippen molar-refractivity contribution in [3.8, 4) is 17.2 Å². The lowest BCUT2D eigenvalue weighted by atomic mass is 9.33. The third-order valence-electron chi connectivity index (χ3n) is 15.4. The van der Waals surface area contributed by atoms with Gasteiger partial charge in [-0.3, -0.25) is 0 Å². The molecular formula is C44H66I4O6. The van der Waals surface area contributed by atoms with Crippen LogP contribution in [0.3, 0.4) is 0 Å². The highest BCUT2D eigenvalue weighted by Gasteiger charge is 2.80. The molecule has 54 heavy (non-hydrogen) atoms. The number of hydrogen-bond acceptors (Lipinski definition) is 6. The molecule has 10 heteroatoms. The van der Waals surface area contributed by atoms with Crippen LogP contribution in [0.4, 0.5) is 0 Å². The minimum atomic E-state index is -0.299. The summed E-state index contributed by atoms with van der Waals surface area (Å²) in [6.07, 6.45) is 17.5. The highest BCUT2D eigenvalue weighted by atomic mass is 127. The molecule has 0 radical (unpaired) electrons. The van der Waals surface area contributed by atoms with Gasteiger partial charge in [0.25, 0.3) is 0 Å². The maximum absolute atomic E-state index is 13.4. The van der Waals surface area contributed by atoms with Gasteiger partial charge in [0, 0.05) is 21.8 Å². The predicted octanol–water partition coefficient (Wildman–Crippen LogP) is 13.6. The topological polar surface area (TPSA) is 63.2 Å². The van der Waals surface area contributed by atoms with E-state index in [4.69, 9.17) is 22.0 Å². The Kier molecular flexibility index (Phi) is 15.7. The molecule has 0 heterocycles. The molecular weight excluding hydrogens is 1130 g/mol. The third-order valence-corrected chi connectivity index (χ3v) is 24.2. The molecule has 0 aliphatic heterocycles. The van der Waals surface area contributed by atoms with Crippen LogP contribution in [0.2, 0.25) is 0 Å². The van der Waals surface area contributed by atoms with Gasteiger partial charge in [0.2, 0.25) is 5.75 Å². The minimum Gasteiger partial charge on any atom is -0.493 e. The van der Waals surface area contributed by atoms with E-state index in [9.17, 15) is 4.79 Å². The monoisotopic (exact) mass is 1200 g/mol. The highest BCUT2D eigenvalue weighted by molar-refractivity contribution is 14.1.